The Kier molecular flexibility index (Phi) is 6.11. The van der Waals surface area contributed by atoms with Crippen molar-refractivity contribution in [2.45, 2.75) is 68.7 Å². The molecule has 0 aromatic rings. The molecule has 0 radical (unpaired) electrons. The van der Waals surface area contributed by atoms with Crippen LogP contribution in [0.1, 0.15) is 13.3 Å². The standard InChI is InChI=1S/C13H24O9/c1-5-12(6(19-2)3-8(15)20-5)22-13-11(18)10(17)9(16)7(4-14)21-13/h5-18H,3-4H2,1-2H3/t5-,6+,7-,8?,9-,10+,11-,12-,13+/m1/s1. The first-order valence-electron chi connectivity index (χ1n) is 7.21. The predicted octanol–water partition coefficient (Wildman–Crippen LogP) is -2.69. The molecule has 0 aliphatic carbocycles. The summed E-state index contributed by atoms with van der Waals surface area (Å²) in [4.78, 5) is 0. The third kappa shape index (κ3) is 3.58. The van der Waals surface area contributed by atoms with Gasteiger partial charge in [-0.2, -0.15) is 0 Å². The van der Waals surface area contributed by atoms with Gasteiger partial charge in [-0.25, -0.2) is 0 Å². The minimum Gasteiger partial charge on any atom is -0.394 e. The molecule has 0 aromatic carbocycles. The minimum absolute atomic E-state index is 0.183. The topological polar surface area (TPSA) is 138 Å². The summed E-state index contributed by atoms with van der Waals surface area (Å²) in [5.41, 5.74) is 0. The monoisotopic (exact) mass is 324 g/mol. The van der Waals surface area contributed by atoms with E-state index < -0.39 is 61.9 Å². The minimum atomic E-state index is -1.51. The van der Waals surface area contributed by atoms with Crippen molar-refractivity contribution in [2.75, 3.05) is 13.7 Å². The maximum Gasteiger partial charge on any atom is 0.187 e. The van der Waals surface area contributed by atoms with Crippen molar-refractivity contribution in [1.29, 1.82) is 0 Å². The van der Waals surface area contributed by atoms with Gasteiger partial charge in [-0.05, 0) is 6.92 Å². The van der Waals surface area contributed by atoms with E-state index in [1.165, 1.54) is 7.11 Å². The largest absolute Gasteiger partial charge is 0.394 e. The van der Waals surface area contributed by atoms with Crippen LogP contribution in [0.4, 0.5) is 0 Å². The van der Waals surface area contributed by atoms with Gasteiger partial charge < -0.3 is 44.5 Å². The summed E-state index contributed by atoms with van der Waals surface area (Å²) in [6.45, 7) is 1.14. The van der Waals surface area contributed by atoms with Crippen molar-refractivity contribution >= 4 is 0 Å². The molecule has 0 bridgehead atoms. The summed E-state index contributed by atoms with van der Waals surface area (Å²) in [7, 11) is 1.46. The van der Waals surface area contributed by atoms with Gasteiger partial charge in [0.15, 0.2) is 12.6 Å². The fourth-order valence-electron chi connectivity index (χ4n) is 2.78. The van der Waals surface area contributed by atoms with Crippen molar-refractivity contribution in [1.82, 2.24) is 0 Å². The van der Waals surface area contributed by atoms with E-state index in [1.54, 1.807) is 6.92 Å². The highest BCUT2D eigenvalue weighted by Gasteiger charge is 2.47. The SMILES string of the molecule is CO[C@H]1CC(O)O[C@H](C)[C@H]1O[C@@H]1O[C@H](CO)[C@@H](O)[C@H](O)[C@H]1O. The number of methoxy groups -OCH3 is 1. The molecule has 9 atom stereocenters. The van der Waals surface area contributed by atoms with E-state index in [4.69, 9.17) is 24.1 Å². The van der Waals surface area contributed by atoms with Crippen LogP contribution >= 0.6 is 0 Å². The lowest BCUT2D eigenvalue weighted by Crippen LogP contribution is -2.61. The van der Waals surface area contributed by atoms with Crippen LogP contribution < -0.4 is 0 Å². The molecule has 2 aliphatic rings. The van der Waals surface area contributed by atoms with Crippen LogP contribution in [0.15, 0.2) is 0 Å². The number of aliphatic hydroxyl groups is 5. The van der Waals surface area contributed by atoms with E-state index in [-0.39, 0.29) is 6.42 Å². The maximum atomic E-state index is 9.98. The normalized spacial score (nSPS) is 50.0. The Morgan fingerprint density at radius 3 is 2.32 bits per heavy atom. The van der Waals surface area contributed by atoms with Gasteiger partial charge in [-0.15, -0.1) is 0 Å². The third-order valence-corrected chi connectivity index (χ3v) is 4.08. The second-order valence-electron chi connectivity index (χ2n) is 5.60. The van der Waals surface area contributed by atoms with Crippen LogP contribution in [-0.2, 0) is 18.9 Å². The lowest BCUT2D eigenvalue weighted by Gasteiger charge is -2.44. The van der Waals surface area contributed by atoms with Gasteiger partial charge in [0.05, 0.1) is 18.8 Å². The van der Waals surface area contributed by atoms with E-state index in [1.807, 2.05) is 0 Å². The van der Waals surface area contributed by atoms with Crippen LogP contribution in [0.3, 0.4) is 0 Å². The van der Waals surface area contributed by atoms with Crippen molar-refractivity contribution < 1.29 is 44.5 Å². The van der Waals surface area contributed by atoms with Crippen LogP contribution in [-0.4, -0.2) is 94.6 Å². The van der Waals surface area contributed by atoms with Gasteiger partial charge >= 0.3 is 0 Å². The van der Waals surface area contributed by atoms with Gasteiger partial charge in [0, 0.05) is 13.5 Å². The van der Waals surface area contributed by atoms with Crippen LogP contribution in [0.2, 0.25) is 0 Å². The van der Waals surface area contributed by atoms with Crippen LogP contribution in [0.25, 0.3) is 0 Å². The molecule has 0 saturated carbocycles. The smallest absolute Gasteiger partial charge is 0.187 e. The molecule has 9 heteroatoms. The van der Waals surface area contributed by atoms with E-state index in [0.29, 0.717) is 0 Å². The highest BCUT2D eigenvalue weighted by Crippen LogP contribution is 2.29. The first-order chi connectivity index (χ1) is 10.4. The third-order valence-electron chi connectivity index (χ3n) is 4.08. The molecule has 2 heterocycles. The van der Waals surface area contributed by atoms with E-state index >= 15 is 0 Å². The van der Waals surface area contributed by atoms with Crippen molar-refractivity contribution in [3.8, 4) is 0 Å². The molecule has 1 unspecified atom stereocenters. The Morgan fingerprint density at radius 1 is 1.05 bits per heavy atom. The molecular formula is C13H24O9. The number of hydrogen-bond donors (Lipinski definition) is 5. The Balaban J connectivity index is 2.07. The molecule has 0 amide bonds. The van der Waals surface area contributed by atoms with Crippen molar-refractivity contribution in [2.24, 2.45) is 0 Å². The zero-order valence-electron chi connectivity index (χ0n) is 12.5. The fraction of sp³-hybridized carbons (Fsp3) is 1.00. The molecule has 0 spiro atoms. The fourth-order valence-corrected chi connectivity index (χ4v) is 2.78. The zero-order chi connectivity index (χ0) is 16.4. The number of ether oxygens (including phenoxy) is 4. The summed E-state index contributed by atoms with van der Waals surface area (Å²) in [5.74, 6) is 0. The Hall–Kier alpha value is -0.360. The zero-order valence-corrected chi connectivity index (χ0v) is 12.5. The summed E-state index contributed by atoms with van der Waals surface area (Å²) >= 11 is 0. The lowest BCUT2D eigenvalue weighted by molar-refractivity contribution is -0.340. The number of rotatable bonds is 4. The predicted molar refractivity (Wildman–Crippen MR) is 70.6 cm³/mol. The summed E-state index contributed by atoms with van der Waals surface area (Å²) < 4.78 is 21.5. The van der Waals surface area contributed by atoms with Gasteiger partial charge in [0.25, 0.3) is 0 Å². The molecule has 2 fully saturated rings. The Morgan fingerprint density at radius 2 is 1.73 bits per heavy atom. The lowest BCUT2D eigenvalue weighted by atomic mass is 9.98. The average Bonchev–Trinajstić information content (AvgIpc) is 2.49. The summed E-state index contributed by atoms with van der Waals surface area (Å²) in [6.07, 6.45) is -9.24. The molecular weight excluding hydrogens is 300 g/mol. The first-order valence-corrected chi connectivity index (χ1v) is 7.21. The molecule has 5 N–H and O–H groups in total. The molecule has 0 aromatic heterocycles. The van der Waals surface area contributed by atoms with Gasteiger partial charge in [0.1, 0.15) is 30.5 Å². The van der Waals surface area contributed by atoms with Gasteiger partial charge in [-0.3, -0.25) is 0 Å². The molecule has 2 rings (SSSR count). The molecule has 130 valence electrons. The Bertz CT molecular complexity index is 352. The quantitative estimate of drug-likeness (QED) is 0.374. The average molecular weight is 324 g/mol. The van der Waals surface area contributed by atoms with E-state index in [2.05, 4.69) is 0 Å². The Labute approximate surface area is 128 Å². The summed E-state index contributed by atoms with van der Waals surface area (Å²) in [6, 6.07) is 0. The second-order valence-corrected chi connectivity index (χ2v) is 5.60. The van der Waals surface area contributed by atoms with E-state index in [9.17, 15) is 20.4 Å². The van der Waals surface area contributed by atoms with Crippen LogP contribution in [0, 0.1) is 0 Å². The van der Waals surface area contributed by atoms with Crippen molar-refractivity contribution in [3.05, 3.63) is 0 Å². The molecule has 2 saturated heterocycles. The summed E-state index contributed by atoms with van der Waals surface area (Å²) in [5, 5.41) is 48.2. The second kappa shape index (κ2) is 7.47. The number of hydrogen-bond acceptors (Lipinski definition) is 9. The van der Waals surface area contributed by atoms with Crippen LogP contribution in [0.5, 0.6) is 0 Å². The molecule has 2 aliphatic heterocycles. The van der Waals surface area contributed by atoms with Crippen molar-refractivity contribution in [3.63, 3.8) is 0 Å². The molecule has 9 nitrogen and oxygen atoms in total. The number of aliphatic hydroxyl groups excluding tert-OH is 5. The van der Waals surface area contributed by atoms with Gasteiger partial charge in [0.2, 0.25) is 0 Å². The van der Waals surface area contributed by atoms with Gasteiger partial charge in [-0.1, -0.05) is 0 Å². The maximum absolute atomic E-state index is 9.98. The highest BCUT2D eigenvalue weighted by molar-refractivity contribution is 4.91. The highest BCUT2D eigenvalue weighted by atomic mass is 16.7. The molecule has 22 heavy (non-hydrogen) atoms. The van der Waals surface area contributed by atoms with E-state index in [0.717, 1.165) is 0 Å². The first kappa shape index (κ1) is 18.0.